The molecule has 1 heterocycles. The molecule has 0 spiro atoms. The van der Waals surface area contributed by atoms with Crippen molar-refractivity contribution in [2.75, 3.05) is 11.9 Å². The number of quaternary nitrogens is 1. The maximum atomic E-state index is 11.8. The van der Waals surface area contributed by atoms with Crippen LogP contribution in [0, 0.1) is 6.92 Å². The van der Waals surface area contributed by atoms with Crippen molar-refractivity contribution >= 4 is 11.7 Å². The molecular weight excluding hydrogens is 242 g/mol. The number of nitrogens with two attached hydrogens (primary N) is 1. The highest BCUT2D eigenvalue weighted by Crippen LogP contribution is 2.14. The van der Waals surface area contributed by atoms with E-state index in [1.807, 2.05) is 6.92 Å². The van der Waals surface area contributed by atoms with E-state index in [1.54, 1.807) is 6.07 Å². The Bertz CT molecular complexity index is 395. The molecule has 0 bridgehead atoms. The van der Waals surface area contributed by atoms with Crippen LogP contribution in [0.4, 0.5) is 5.82 Å². The van der Waals surface area contributed by atoms with Crippen molar-refractivity contribution in [1.82, 2.24) is 5.16 Å². The first-order valence-corrected chi connectivity index (χ1v) is 7.30. The first kappa shape index (κ1) is 14.1. The fourth-order valence-electron chi connectivity index (χ4n) is 2.62. The van der Waals surface area contributed by atoms with Gasteiger partial charge in [0.1, 0.15) is 5.76 Å². The van der Waals surface area contributed by atoms with E-state index in [4.69, 9.17) is 4.52 Å². The molecule has 0 aromatic carbocycles. The normalized spacial score (nSPS) is 17.7. The highest BCUT2D eigenvalue weighted by Gasteiger charge is 2.16. The van der Waals surface area contributed by atoms with E-state index in [-0.39, 0.29) is 5.91 Å². The molecule has 0 radical (unpaired) electrons. The molecule has 0 atom stereocenters. The van der Waals surface area contributed by atoms with E-state index in [0.717, 1.165) is 0 Å². The topological polar surface area (TPSA) is 71.7 Å². The van der Waals surface area contributed by atoms with Crippen LogP contribution in [0.15, 0.2) is 10.6 Å². The molecule has 2 rings (SSSR count). The van der Waals surface area contributed by atoms with Crippen molar-refractivity contribution in [2.45, 2.75) is 57.9 Å². The molecule has 1 aromatic heterocycles. The van der Waals surface area contributed by atoms with Gasteiger partial charge in [-0.3, -0.25) is 4.79 Å². The Morgan fingerprint density at radius 1 is 1.37 bits per heavy atom. The van der Waals surface area contributed by atoms with Crippen LogP contribution in [-0.2, 0) is 4.79 Å². The van der Waals surface area contributed by atoms with Crippen molar-refractivity contribution in [1.29, 1.82) is 0 Å². The van der Waals surface area contributed by atoms with Gasteiger partial charge in [-0.2, -0.15) is 0 Å². The molecule has 19 heavy (non-hydrogen) atoms. The van der Waals surface area contributed by atoms with Gasteiger partial charge in [0.15, 0.2) is 12.4 Å². The average molecular weight is 266 g/mol. The summed E-state index contributed by atoms with van der Waals surface area (Å²) in [7, 11) is 0. The van der Waals surface area contributed by atoms with Crippen molar-refractivity contribution in [3.8, 4) is 0 Å². The SMILES string of the molecule is Cc1cc(NC(=O)C[NH2+]C2CCCCCCC2)no1. The molecule has 3 N–H and O–H groups in total. The van der Waals surface area contributed by atoms with E-state index < -0.39 is 0 Å². The van der Waals surface area contributed by atoms with Gasteiger partial charge in [0.2, 0.25) is 0 Å². The van der Waals surface area contributed by atoms with Crippen molar-refractivity contribution in [3.05, 3.63) is 11.8 Å². The molecule has 1 saturated carbocycles. The number of rotatable bonds is 4. The van der Waals surface area contributed by atoms with Crippen molar-refractivity contribution < 1.29 is 14.6 Å². The van der Waals surface area contributed by atoms with Gasteiger partial charge in [-0.15, -0.1) is 0 Å². The first-order chi connectivity index (χ1) is 9.24. The third-order valence-electron chi connectivity index (χ3n) is 3.68. The zero-order valence-electron chi connectivity index (χ0n) is 11.7. The van der Waals surface area contributed by atoms with Crippen LogP contribution < -0.4 is 10.6 Å². The minimum Gasteiger partial charge on any atom is -0.360 e. The zero-order chi connectivity index (χ0) is 13.5. The van der Waals surface area contributed by atoms with E-state index in [9.17, 15) is 4.79 Å². The largest absolute Gasteiger partial charge is 0.360 e. The van der Waals surface area contributed by atoms with E-state index in [0.29, 0.717) is 24.2 Å². The zero-order valence-corrected chi connectivity index (χ0v) is 11.7. The summed E-state index contributed by atoms with van der Waals surface area (Å²) in [5.74, 6) is 1.21. The molecule has 1 fully saturated rings. The summed E-state index contributed by atoms with van der Waals surface area (Å²) in [4.78, 5) is 11.8. The summed E-state index contributed by atoms with van der Waals surface area (Å²) < 4.78 is 4.92. The Morgan fingerprint density at radius 2 is 2.05 bits per heavy atom. The van der Waals surface area contributed by atoms with E-state index in [2.05, 4.69) is 15.8 Å². The summed E-state index contributed by atoms with van der Waals surface area (Å²) >= 11 is 0. The second-order valence-corrected chi connectivity index (χ2v) is 5.42. The van der Waals surface area contributed by atoms with Gasteiger partial charge in [-0.05, 0) is 32.6 Å². The molecule has 0 saturated heterocycles. The second-order valence-electron chi connectivity index (χ2n) is 5.42. The average Bonchev–Trinajstić information content (AvgIpc) is 2.73. The number of amides is 1. The lowest BCUT2D eigenvalue weighted by Gasteiger charge is -2.17. The molecule has 5 nitrogen and oxygen atoms in total. The standard InChI is InChI=1S/C14H23N3O2/c1-11-9-13(17-19-11)16-14(18)10-15-12-7-5-3-2-4-6-8-12/h9,12,15H,2-8,10H2,1H3,(H,16,17,18)/p+1. The highest BCUT2D eigenvalue weighted by molar-refractivity contribution is 5.90. The van der Waals surface area contributed by atoms with Crippen LogP contribution in [0.5, 0.6) is 0 Å². The predicted octanol–water partition coefficient (Wildman–Crippen LogP) is 1.60. The summed E-state index contributed by atoms with van der Waals surface area (Å²) in [6.07, 6.45) is 9.12. The fraction of sp³-hybridized carbons (Fsp3) is 0.714. The Hall–Kier alpha value is -1.36. The molecule has 1 aromatic rings. The fourth-order valence-corrected chi connectivity index (χ4v) is 2.62. The Balaban J connectivity index is 1.70. The summed E-state index contributed by atoms with van der Waals surface area (Å²) in [6.45, 7) is 2.28. The lowest BCUT2D eigenvalue weighted by atomic mass is 9.97. The number of hydrogen-bond donors (Lipinski definition) is 2. The maximum absolute atomic E-state index is 11.8. The number of nitrogens with one attached hydrogen (secondary N) is 1. The van der Waals surface area contributed by atoms with Gasteiger partial charge < -0.3 is 15.2 Å². The third kappa shape index (κ3) is 5.03. The number of hydrogen-bond acceptors (Lipinski definition) is 3. The molecular formula is C14H24N3O2+. The second kappa shape index (κ2) is 7.28. The molecule has 106 valence electrons. The molecule has 1 aliphatic carbocycles. The lowest BCUT2D eigenvalue weighted by molar-refractivity contribution is -0.680. The molecule has 0 aliphatic heterocycles. The minimum absolute atomic E-state index is 0.00430. The number of nitrogens with zero attached hydrogens (tertiary/aromatic N) is 1. The molecule has 5 heteroatoms. The monoisotopic (exact) mass is 266 g/mol. The van der Waals surface area contributed by atoms with Crippen LogP contribution in [0.1, 0.15) is 50.7 Å². The Morgan fingerprint density at radius 3 is 2.68 bits per heavy atom. The van der Waals surface area contributed by atoms with Crippen LogP contribution in [0.3, 0.4) is 0 Å². The Kier molecular flexibility index (Phi) is 5.39. The van der Waals surface area contributed by atoms with Crippen LogP contribution >= 0.6 is 0 Å². The van der Waals surface area contributed by atoms with E-state index in [1.165, 1.54) is 44.9 Å². The van der Waals surface area contributed by atoms with Gasteiger partial charge in [0.25, 0.3) is 5.91 Å². The first-order valence-electron chi connectivity index (χ1n) is 7.30. The highest BCUT2D eigenvalue weighted by atomic mass is 16.5. The van der Waals surface area contributed by atoms with Crippen molar-refractivity contribution in [2.24, 2.45) is 0 Å². The van der Waals surface area contributed by atoms with E-state index >= 15 is 0 Å². The number of anilines is 1. The Labute approximate surface area is 114 Å². The predicted molar refractivity (Wildman–Crippen MR) is 72.8 cm³/mol. The maximum Gasteiger partial charge on any atom is 0.280 e. The number of carbonyl (C=O) groups is 1. The molecule has 0 unspecified atom stereocenters. The molecule has 1 amide bonds. The van der Waals surface area contributed by atoms with Crippen molar-refractivity contribution in [3.63, 3.8) is 0 Å². The van der Waals surface area contributed by atoms with Crippen LogP contribution in [-0.4, -0.2) is 23.7 Å². The third-order valence-corrected chi connectivity index (χ3v) is 3.68. The number of aryl methyl sites for hydroxylation is 1. The summed E-state index contributed by atoms with van der Waals surface area (Å²) in [5, 5.41) is 8.69. The smallest absolute Gasteiger partial charge is 0.280 e. The molecule has 1 aliphatic rings. The number of aromatic nitrogens is 1. The quantitative estimate of drug-likeness (QED) is 0.869. The van der Waals surface area contributed by atoms with Gasteiger partial charge in [0, 0.05) is 6.07 Å². The van der Waals surface area contributed by atoms with Gasteiger partial charge >= 0.3 is 0 Å². The minimum atomic E-state index is -0.00430. The summed E-state index contributed by atoms with van der Waals surface area (Å²) in [5.41, 5.74) is 0. The van der Waals surface area contributed by atoms with Gasteiger partial charge in [-0.1, -0.05) is 24.4 Å². The van der Waals surface area contributed by atoms with Crippen LogP contribution in [0.25, 0.3) is 0 Å². The van der Waals surface area contributed by atoms with Crippen LogP contribution in [0.2, 0.25) is 0 Å². The van der Waals surface area contributed by atoms with Gasteiger partial charge in [-0.25, -0.2) is 0 Å². The van der Waals surface area contributed by atoms with Gasteiger partial charge in [0.05, 0.1) is 6.04 Å². The lowest BCUT2D eigenvalue weighted by Crippen LogP contribution is -2.91. The summed E-state index contributed by atoms with van der Waals surface area (Å²) in [6, 6.07) is 2.33. The number of carbonyl (C=O) groups excluding carboxylic acids is 1.